The minimum Gasteiger partial charge on any atom is -0.390 e. The third-order valence-electron chi connectivity index (χ3n) is 3.37. The molecule has 0 aliphatic heterocycles. The molecule has 0 radical (unpaired) electrons. The Bertz CT molecular complexity index is 231. The van der Waals surface area contributed by atoms with Gasteiger partial charge < -0.3 is 10.4 Å². The number of β-amino-alcohol motifs (C(OH)–C–C–N with tert-alkyl or cyclic N) is 1. The summed E-state index contributed by atoms with van der Waals surface area (Å²) < 4.78 is 0. The molecular weight excluding hydrogens is 224 g/mol. The molecule has 1 saturated carbocycles. The molecule has 3 nitrogen and oxygen atoms in total. The van der Waals surface area contributed by atoms with Crippen LogP contribution < -0.4 is 5.32 Å². The molecule has 18 heavy (non-hydrogen) atoms. The number of rotatable bonds is 8. The number of aliphatic hydroxyl groups is 1. The van der Waals surface area contributed by atoms with Crippen molar-refractivity contribution in [3.05, 3.63) is 0 Å². The highest BCUT2D eigenvalue weighted by molar-refractivity contribution is 4.86. The topological polar surface area (TPSA) is 35.5 Å². The number of nitrogens with zero attached hydrogens (tertiary/aromatic N) is 1. The Hall–Kier alpha value is -0.120. The Labute approximate surface area is 113 Å². The van der Waals surface area contributed by atoms with Gasteiger partial charge in [0.05, 0.1) is 6.10 Å². The van der Waals surface area contributed by atoms with Crippen LogP contribution in [0.5, 0.6) is 0 Å². The molecule has 0 amide bonds. The molecule has 1 aliphatic carbocycles. The Morgan fingerprint density at radius 1 is 1.28 bits per heavy atom. The Morgan fingerprint density at radius 2 is 1.89 bits per heavy atom. The standard InChI is InChI=1S/C15H32N2O/c1-12(2)8-9-17(13-6-7-13)11-14(18)10-16-15(3,4)5/h12-14,16,18H,6-11H2,1-5H3. The SMILES string of the molecule is CC(C)CCN(CC(O)CNC(C)(C)C)C1CC1. The molecular formula is C15H32N2O. The molecule has 108 valence electrons. The summed E-state index contributed by atoms with van der Waals surface area (Å²) in [5.41, 5.74) is 0.0866. The molecule has 0 spiro atoms. The number of nitrogens with one attached hydrogen (secondary N) is 1. The molecule has 0 aromatic rings. The molecule has 0 saturated heterocycles. The maximum atomic E-state index is 10.1. The van der Waals surface area contributed by atoms with Gasteiger partial charge in [-0.1, -0.05) is 13.8 Å². The van der Waals surface area contributed by atoms with Gasteiger partial charge >= 0.3 is 0 Å². The van der Waals surface area contributed by atoms with E-state index in [2.05, 4.69) is 44.8 Å². The van der Waals surface area contributed by atoms with Crippen LogP contribution in [0.4, 0.5) is 0 Å². The van der Waals surface area contributed by atoms with Crippen molar-refractivity contribution in [3.63, 3.8) is 0 Å². The summed E-state index contributed by atoms with van der Waals surface area (Å²) >= 11 is 0. The minimum atomic E-state index is -0.253. The van der Waals surface area contributed by atoms with Crippen molar-refractivity contribution in [3.8, 4) is 0 Å². The second kappa shape index (κ2) is 6.88. The van der Waals surface area contributed by atoms with Crippen LogP contribution in [-0.4, -0.2) is 47.3 Å². The summed E-state index contributed by atoms with van der Waals surface area (Å²) in [6.45, 7) is 13.6. The average molecular weight is 256 g/mol. The van der Waals surface area contributed by atoms with Crippen molar-refractivity contribution in [1.82, 2.24) is 10.2 Å². The zero-order chi connectivity index (χ0) is 13.8. The van der Waals surface area contributed by atoms with E-state index in [1.165, 1.54) is 19.3 Å². The van der Waals surface area contributed by atoms with E-state index in [0.29, 0.717) is 6.54 Å². The smallest absolute Gasteiger partial charge is 0.0791 e. The van der Waals surface area contributed by atoms with Gasteiger partial charge in [0.1, 0.15) is 0 Å². The fourth-order valence-electron chi connectivity index (χ4n) is 2.05. The van der Waals surface area contributed by atoms with E-state index in [-0.39, 0.29) is 11.6 Å². The van der Waals surface area contributed by atoms with E-state index >= 15 is 0 Å². The summed E-state index contributed by atoms with van der Waals surface area (Å²) in [4.78, 5) is 2.48. The minimum absolute atomic E-state index is 0.0866. The van der Waals surface area contributed by atoms with E-state index in [1.807, 2.05) is 0 Å². The summed E-state index contributed by atoms with van der Waals surface area (Å²) in [5.74, 6) is 0.746. The van der Waals surface area contributed by atoms with Gasteiger partial charge in [-0.25, -0.2) is 0 Å². The lowest BCUT2D eigenvalue weighted by molar-refractivity contribution is 0.0984. The van der Waals surface area contributed by atoms with Crippen LogP contribution in [0.15, 0.2) is 0 Å². The van der Waals surface area contributed by atoms with Crippen molar-refractivity contribution in [2.24, 2.45) is 5.92 Å². The Kier molecular flexibility index (Phi) is 6.09. The molecule has 1 fully saturated rings. The molecule has 1 rings (SSSR count). The van der Waals surface area contributed by atoms with Crippen LogP contribution in [0.2, 0.25) is 0 Å². The van der Waals surface area contributed by atoms with E-state index in [0.717, 1.165) is 25.0 Å². The van der Waals surface area contributed by atoms with Crippen LogP contribution in [0.3, 0.4) is 0 Å². The van der Waals surface area contributed by atoms with E-state index in [4.69, 9.17) is 0 Å². The summed E-state index contributed by atoms with van der Waals surface area (Å²) in [6.07, 6.45) is 3.61. The maximum absolute atomic E-state index is 10.1. The monoisotopic (exact) mass is 256 g/mol. The largest absolute Gasteiger partial charge is 0.390 e. The van der Waals surface area contributed by atoms with Crippen LogP contribution >= 0.6 is 0 Å². The first kappa shape index (κ1) is 15.9. The predicted octanol–water partition coefficient (Wildman–Crippen LogP) is 2.25. The molecule has 0 heterocycles. The first-order chi connectivity index (χ1) is 8.28. The van der Waals surface area contributed by atoms with Gasteiger partial charge in [0.2, 0.25) is 0 Å². The van der Waals surface area contributed by atoms with Crippen LogP contribution in [0, 0.1) is 5.92 Å². The quantitative estimate of drug-likeness (QED) is 0.699. The zero-order valence-corrected chi connectivity index (χ0v) is 12.9. The fourth-order valence-corrected chi connectivity index (χ4v) is 2.05. The second-order valence-electron chi connectivity index (χ2n) is 7.19. The van der Waals surface area contributed by atoms with Gasteiger partial charge in [-0.05, 0) is 52.5 Å². The lowest BCUT2D eigenvalue weighted by Crippen LogP contribution is -2.45. The van der Waals surface area contributed by atoms with Gasteiger partial charge in [0.25, 0.3) is 0 Å². The normalized spacial score (nSPS) is 18.7. The van der Waals surface area contributed by atoms with E-state index < -0.39 is 0 Å². The highest BCUT2D eigenvalue weighted by Crippen LogP contribution is 2.27. The van der Waals surface area contributed by atoms with Gasteiger partial charge in [0, 0.05) is 24.7 Å². The fraction of sp³-hybridized carbons (Fsp3) is 1.00. The van der Waals surface area contributed by atoms with Crippen LogP contribution in [-0.2, 0) is 0 Å². The third-order valence-corrected chi connectivity index (χ3v) is 3.37. The van der Waals surface area contributed by atoms with Crippen molar-refractivity contribution >= 4 is 0 Å². The van der Waals surface area contributed by atoms with Gasteiger partial charge in [-0.2, -0.15) is 0 Å². The Balaban J connectivity index is 2.27. The first-order valence-corrected chi connectivity index (χ1v) is 7.45. The van der Waals surface area contributed by atoms with Gasteiger partial charge in [0.15, 0.2) is 0 Å². The van der Waals surface area contributed by atoms with Crippen molar-refractivity contribution in [1.29, 1.82) is 0 Å². The summed E-state index contributed by atoms with van der Waals surface area (Å²) in [5, 5.41) is 13.5. The van der Waals surface area contributed by atoms with Crippen molar-refractivity contribution in [2.45, 2.75) is 71.6 Å². The predicted molar refractivity (Wildman–Crippen MR) is 77.8 cm³/mol. The zero-order valence-electron chi connectivity index (χ0n) is 12.9. The highest BCUT2D eigenvalue weighted by atomic mass is 16.3. The average Bonchev–Trinajstić information content (AvgIpc) is 3.03. The first-order valence-electron chi connectivity index (χ1n) is 7.45. The van der Waals surface area contributed by atoms with Crippen molar-refractivity contribution in [2.75, 3.05) is 19.6 Å². The maximum Gasteiger partial charge on any atom is 0.0791 e. The van der Waals surface area contributed by atoms with E-state index in [9.17, 15) is 5.11 Å². The number of hydrogen-bond donors (Lipinski definition) is 2. The second-order valence-corrected chi connectivity index (χ2v) is 7.19. The number of aliphatic hydroxyl groups excluding tert-OH is 1. The molecule has 0 aromatic carbocycles. The van der Waals surface area contributed by atoms with Crippen LogP contribution in [0.1, 0.15) is 53.9 Å². The highest BCUT2D eigenvalue weighted by Gasteiger charge is 2.30. The van der Waals surface area contributed by atoms with E-state index in [1.54, 1.807) is 0 Å². The van der Waals surface area contributed by atoms with Crippen LogP contribution in [0.25, 0.3) is 0 Å². The van der Waals surface area contributed by atoms with Gasteiger partial charge in [-0.3, -0.25) is 4.90 Å². The molecule has 1 aliphatic rings. The molecule has 1 unspecified atom stereocenters. The molecule has 1 atom stereocenters. The molecule has 0 bridgehead atoms. The summed E-state index contributed by atoms with van der Waals surface area (Å²) in [6, 6.07) is 0.744. The lowest BCUT2D eigenvalue weighted by atomic mass is 10.1. The third kappa shape index (κ3) is 7.34. The summed E-state index contributed by atoms with van der Waals surface area (Å²) in [7, 11) is 0. The lowest BCUT2D eigenvalue weighted by Gasteiger charge is -2.28. The van der Waals surface area contributed by atoms with Crippen molar-refractivity contribution < 1.29 is 5.11 Å². The Morgan fingerprint density at radius 3 is 2.33 bits per heavy atom. The molecule has 3 heteroatoms. The molecule has 2 N–H and O–H groups in total. The molecule has 0 aromatic heterocycles. The number of hydrogen-bond acceptors (Lipinski definition) is 3. The van der Waals surface area contributed by atoms with Gasteiger partial charge in [-0.15, -0.1) is 0 Å².